The number of nitrogens with zero attached hydrogens (tertiary/aromatic N) is 3. The van der Waals surface area contributed by atoms with E-state index in [0.717, 1.165) is 36.6 Å². The maximum absolute atomic E-state index is 12.5. The second-order valence-electron chi connectivity index (χ2n) is 8.72. The van der Waals surface area contributed by atoms with Gasteiger partial charge in [-0.1, -0.05) is 13.8 Å². The summed E-state index contributed by atoms with van der Waals surface area (Å²) < 4.78 is 1.90. The molecule has 0 saturated carbocycles. The van der Waals surface area contributed by atoms with Gasteiger partial charge in [-0.25, -0.2) is 4.79 Å². The van der Waals surface area contributed by atoms with Gasteiger partial charge in [-0.3, -0.25) is 9.59 Å². The molecule has 174 valence electrons. The molecule has 2 N–H and O–H groups in total. The topological polar surface area (TPSA) is 86.7 Å². The third-order valence-corrected chi connectivity index (χ3v) is 6.31. The average molecular weight is 442 g/mol. The van der Waals surface area contributed by atoms with Crippen LogP contribution in [0.3, 0.4) is 0 Å². The predicted molar refractivity (Wildman–Crippen MR) is 126 cm³/mol. The zero-order valence-corrected chi connectivity index (χ0v) is 19.6. The molecule has 1 aromatic carbocycles. The van der Waals surface area contributed by atoms with E-state index >= 15 is 0 Å². The van der Waals surface area contributed by atoms with Gasteiger partial charge in [-0.05, 0) is 49.9 Å². The third-order valence-electron chi connectivity index (χ3n) is 6.31. The molecular formula is C24H35N5O3. The van der Waals surface area contributed by atoms with Gasteiger partial charge in [0.25, 0.3) is 0 Å². The number of hydrogen-bond acceptors (Lipinski definition) is 3. The summed E-state index contributed by atoms with van der Waals surface area (Å²) in [5.41, 5.74) is 1.65. The number of likely N-dealkylation sites (tertiary alicyclic amines) is 1. The first-order chi connectivity index (χ1) is 15.3. The number of likely N-dealkylation sites (N-methyl/N-ethyl adjacent to an activating group) is 1. The van der Waals surface area contributed by atoms with Crippen molar-refractivity contribution in [3.8, 4) is 0 Å². The van der Waals surface area contributed by atoms with Crippen LogP contribution in [0.15, 0.2) is 30.5 Å². The standard InChI is InChI=1S/C24H35N5O3/c1-5-17(6-2)23(31)28-13-10-19(11-14-28)25-24(32)26-20-7-8-21-18(15-20)9-12-29(21)16-22(30)27(3)4/h7-9,12,15,17,19H,5-6,10-11,13-14,16H2,1-4H3,(H2,25,26,32). The minimum absolute atomic E-state index is 0.0248. The molecule has 0 aliphatic carbocycles. The smallest absolute Gasteiger partial charge is 0.319 e. The Morgan fingerprint density at radius 1 is 1.09 bits per heavy atom. The summed E-state index contributed by atoms with van der Waals surface area (Å²) in [6.45, 7) is 5.76. The molecule has 1 aliphatic heterocycles. The highest BCUT2D eigenvalue weighted by molar-refractivity contribution is 5.93. The SMILES string of the molecule is CCC(CC)C(=O)N1CCC(NC(=O)Nc2ccc3c(ccn3CC(=O)N(C)C)c2)CC1. The lowest BCUT2D eigenvalue weighted by Crippen LogP contribution is -2.48. The van der Waals surface area contributed by atoms with Crippen LogP contribution in [0.4, 0.5) is 10.5 Å². The van der Waals surface area contributed by atoms with Crippen molar-refractivity contribution in [2.45, 2.75) is 52.1 Å². The Kier molecular flexibility index (Phi) is 7.77. The quantitative estimate of drug-likeness (QED) is 0.691. The second-order valence-corrected chi connectivity index (χ2v) is 8.72. The molecule has 8 nitrogen and oxygen atoms in total. The van der Waals surface area contributed by atoms with E-state index in [1.54, 1.807) is 19.0 Å². The van der Waals surface area contributed by atoms with E-state index in [0.29, 0.717) is 18.8 Å². The number of piperidine rings is 1. The van der Waals surface area contributed by atoms with Gasteiger partial charge in [-0.15, -0.1) is 0 Å². The zero-order chi connectivity index (χ0) is 23.3. The van der Waals surface area contributed by atoms with Crippen molar-refractivity contribution in [3.63, 3.8) is 0 Å². The molecule has 0 bridgehead atoms. The molecule has 2 heterocycles. The number of fused-ring (bicyclic) bond motifs is 1. The summed E-state index contributed by atoms with van der Waals surface area (Å²) in [7, 11) is 3.48. The molecule has 1 aromatic heterocycles. The number of hydrogen-bond donors (Lipinski definition) is 2. The Hall–Kier alpha value is -3.03. The Morgan fingerprint density at radius 2 is 1.78 bits per heavy atom. The highest BCUT2D eigenvalue weighted by Crippen LogP contribution is 2.21. The van der Waals surface area contributed by atoms with E-state index in [1.807, 2.05) is 39.9 Å². The van der Waals surface area contributed by atoms with Crippen LogP contribution >= 0.6 is 0 Å². The fourth-order valence-corrected chi connectivity index (χ4v) is 4.20. The highest BCUT2D eigenvalue weighted by Gasteiger charge is 2.27. The molecule has 1 saturated heterocycles. The number of anilines is 1. The van der Waals surface area contributed by atoms with Crippen LogP contribution in [-0.2, 0) is 16.1 Å². The number of carbonyl (C=O) groups excluding carboxylic acids is 3. The second kappa shape index (κ2) is 10.5. The molecule has 0 atom stereocenters. The van der Waals surface area contributed by atoms with Crippen LogP contribution in [0.25, 0.3) is 10.9 Å². The minimum atomic E-state index is -0.240. The molecule has 3 rings (SSSR count). The molecule has 0 unspecified atom stereocenters. The van der Waals surface area contributed by atoms with Crippen molar-refractivity contribution in [3.05, 3.63) is 30.5 Å². The minimum Gasteiger partial charge on any atom is -0.347 e. The molecule has 1 fully saturated rings. The number of carbonyl (C=O) groups is 3. The number of urea groups is 1. The van der Waals surface area contributed by atoms with Gasteiger partial charge >= 0.3 is 6.03 Å². The average Bonchev–Trinajstić information content (AvgIpc) is 3.16. The summed E-state index contributed by atoms with van der Waals surface area (Å²) in [4.78, 5) is 40.5. The predicted octanol–water partition coefficient (Wildman–Crippen LogP) is 3.28. The number of benzene rings is 1. The monoisotopic (exact) mass is 441 g/mol. The number of nitrogens with one attached hydrogen (secondary N) is 2. The van der Waals surface area contributed by atoms with E-state index in [9.17, 15) is 14.4 Å². The van der Waals surface area contributed by atoms with Crippen LogP contribution in [-0.4, -0.2) is 65.4 Å². The van der Waals surface area contributed by atoms with Crippen LogP contribution in [0.5, 0.6) is 0 Å². The van der Waals surface area contributed by atoms with Gasteiger partial charge in [0.2, 0.25) is 11.8 Å². The summed E-state index contributed by atoms with van der Waals surface area (Å²) in [6, 6.07) is 7.42. The first-order valence-corrected chi connectivity index (χ1v) is 11.5. The molecule has 4 amide bonds. The molecule has 2 aromatic rings. The Balaban J connectivity index is 1.52. The first kappa shape index (κ1) is 23.6. The van der Waals surface area contributed by atoms with E-state index in [1.165, 1.54) is 0 Å². The zero-order valence-electron chi connectivity index (χ0n) is 19.6. The Labute approximate surface area is 189 Å². The lowest BCUT2D eigenvalue weighted by molar-refractivity contribution is -0.136. The lowest BCUT2D eigenvalue weighted by atomic mass is 9.98. The van der Waals surface area contributed by atoms with Gasteiger partial charge in [0, 0.05) is 61.9 Å². The van der Waals surface area contributed by atoms with E-state index in [4.69, 9.17) is 0 Å². The van der Waals surface area contributed by atoms with Crippen molar-refractivity contribution in [2.24, 2.45) is 5.92 Å². The van der Waals surface area contributed by atoms with Crippen molar-refractivity contribution < 1.29 is 14.4 Å². The van der Waals surface area contributed by atoms with Gasteiger partial charge in [0.15, 0.2) is 0 Å². The van der Waals surface area contributed by atoms with Crippen molar-refractivity contribution in [1.82, 2.24) is 19.7 Å². The van der Waals surface area contributed by atoms with Gasteiger partial charge < -0.3 is 25.0 Å². The fraction of sp³-hybridized carbons (Fsp3) is 0.542. The fourth-order valence-electron chi connectivity index (χ4n) is 4.20. The van der Waals surface area contributed by atoms with Crippen LogP contribution in [0.1, 0.15) is 39.5 Å². The van der Waals surface area contributed by atoms with Gasteiger partial charge in [-0.2, -0.15) is 0 Å². The maximum Gasteiger partial charge on any atom is 0.319 e. The molecule has 1 aliphatic rings. The Morgan fingerprint density at radius 3 is 2.41 bits per heavy atom. The first-order valence-electron chi connectivity index (χ1n) is 11.5. The lowest BCUT2D eigenvalue weighted by Gasteiger charge is -2.34. The summed E-state index contributed by atoms with van der Waals surface area (Å²) in [5, 5.41) is 6.90. The van der Waals surface area contributed by atoms with E-state index in [-0.39, 0.29) is 36.3 Å². The molecule has 0 spiro atoms. The van der Waals surface area contributed by atoms with Gasteiger partial charge in [0.05, 0.1) is 0 Å². The number of aromatic nitrogens is 1. The normalized spacial score (nSPS) is 14.6. The van der Waals surface area contributed by atoms with Crippen molar-refractivity contribution in [2.75, 3.05) is 32.5 Å². The van der Waals surface area contributed by atoms with Crippen LogP contribution in [0.2, 0.25) is 0 Å². The molecule has 8 heteroatoms. The maximum atomic E-state index is 12.5. The van der Waals surface area contributed by atoms with E-state index < -0.39 is 0 Å². The summed E-state index contributed by atoms with van der Waals surface area (Å²) in [5.74, 6) is 0.371. The van der Waals surface area contributed by atoms with Crippen LogP contribution in [0, 0.1) is 5.92 Å². The van der Waals surface area contributed by atoms with Crippen molar-refractivity contribution >= 4 is 34.4 Å². The molecule has 0 radical (unpaired) electrons. The molecule has 32 heavy (non-hydrogen) atoms. The molecular weight excluding hydrogens is 406 g/mol. The number of amides is 4. The Bertz CT molecular complexity index is 956. The number of rotatable bonds is 7. The van der Waals surface area contributed by atoms with E-state index in [2.05, 4.69) is 24.5 Å². The van der Waals surface area contributed by atoms with Gasteiger partial charge in [0.1, 0.15) is 6.54 Å². The third kappa shape index (κ3) is 5.60. The van der Waals surface area contributed by atoms with Crippen molar-refractivity contribution in [1.29, 1.82) is 0 Å². The van der Waals surface area contributed by atoms with Crippen LogP contribution < -0.4 is 10.6 Å². The highest BCUT2D eigenvalue weighted by atomic mass is 16.2. The summed E-state index contributed by atoms with van der Waals surface area (Å²) >= 11 is 0. The largest absolute Gasteiger partial charge is 0.347 e. The summed E-state index contributed by atoms with van der Waals surface area (Å²) in [6.07, 6.45) is 5.15.